The average molecular weight is 368 g/mol. The molecule has 6 nitrogen and oxygen atoms in total. The lowest BCUT2D eigenvalue weighted by atomic mass is 10.1. The van der Waals surface area contributed by atoms with Gasteiger partial charge in [0.1, 0.15) is 12.4 Å². The summed E-state index contributed by atoms with van der Waals surface area (Å²) in [5, 5.41) is 2.91. The molecule has 7 heteroatoms. The maximum absolute atomic E-state index is 14.3. The first-order valence-corrected chi connectivity index (χ1v) is 8.17. The number of anilines is 1. The van der Waals surface area contributed by atoms with Crippen LogP contribution in [0.4, 0.5) is 10.1 Å². The Kier molecular flexibility index (Phi) is 5.03. The van der Waals surface area contributed by atoms with Crippen molar-refractivity contribution in [1.82, 2.24) is 4.57 Å². The molecule has 138 valence electrons. The smallest absolute Gasteiger partial charge is 0.337 e. The number of halogens is 1. The van der Waals surface area contributed by atoms with Crippen LogP contribution in [0.15, 0.2) is 53.3 Å². The van der Waals surface area contributed by atoms with Gasteiger partial charge in [0.2, 0.25) is 5.91 Å². The molecule has 1 aromatic heterocycles. The molecule has 3 aromatic rings. The highest BCUT2D eigenvalue weighted by molar-refractivity contribution is 5.93. The number of rotatable bonds is 4. The first-order valence-electron chi connectivity index (χ1n) is 8.17. The zero-order valence-corrected chi connectivity index (χ0v) is 14.8. The summed E-state index contributed by atoms with van der Waals surface area (Å²) in [5.74, 6) is -1.43. The molecule has 0 saturated heterocycles. The molecule has 0 atom stereocenters. The molecule has 1 N–H and O–H groups in total. The van der Waals surface area contributed by atoms with E-state index in [1.165, 1.54) is 48.1 Å². The Balaban J connectivity index is 1.86. The summed E-state index contributed by atoms with van der Waals surface area (Å²) >= 11 is 0. The minimum Gasteiger partial charge on any atom is -0.465 e. The number of aromatic nitrogens is 1. The zero-order chi connectivity index (χ0) is 19.6. The number of para-hydroxylation sites is 1. The maximum atomic E-state index is 14.3. The van der Waals surface area contributed by atoms with Gasteiger partial charge >= 0.3 is 5.97 Å². The van der Waals surface area contributed by atoms with Crippen molar-refractivity contribution in [2.24, 2.45) is 0 Å². The number of methoxy groups -OCH3 is 1. The molecule has 0 bridgehead atoms. The molecule has 0 saturated carbocycles. The Morgan fingerprint density at radius 3 is 2.52 bits per heavy atom. The number of aryl methyl sites for hydroxylation is 1. The van der Waals surface area contributed by atoms with Crippen molar-refractivity contribution in [3.8, 4) is 0 Å². The van der Waals surface area contributed by atoms with E-state index >= 15 is 0 Å². The van der Waals surface area contributed by atoms with Crippen molar-refractivity contribution < 1.29 is 18.7 Å². The number of benzene rings is 2. The van der Waals surface area contributed by atoms with Gasteiger partial charge in [-0.15, -0.1) is 0 Å². The Labute approximate surface area is 154 Å². The van der Waals surface area contributed by atoms with E-state index in [1.54, 1.807) is 19.1 Å². The minimum atomic E-state index is -0.566. The summed E-state index contributed by atoms with van der Waals surface area (Å²) in [6, 6.07) is 11.8. The van der Waals surface area contributed by atoms with Gasteiger partial charge in [0, 0.05) is 22.8 Å². The SMILES string of the molecule is COC(=O)c1ccc(NC(=O)Cn2c(C)cc(=O)c3cccc(F)c32)cc1. The third-order valence-corrected chi connectivity index (χ3v) is 4.18. The van der Waals surface area contributed by atoms with Gasteiger partial charge in [0.15, 0.2) is 5.43 Å². The van der Waals surface area contributed by atoms with E-state index in [2.05, 4.69) is 10.1 Å². The van der Waals surface area contributed by atoms with Crippen molar-refractivity contribution in [2.45, 2.75) is 13.5 Å². The second-order valence-corrected chi connectivity index (χ2v) is 5.99. The third-order valence-electron chi connectivity index (χ3n) is 4.18. The molecule has 0 unspecified atom stereocenters. The zero-order valence-electron chi connectivity index (χ0n) is 14.8. The molecule has 1 amide bonds. The molecular weight excluding hydrogens is 351 g/mol. The van der Waals surface area contributed by atoms with E-state index in [9.17, 15) is 18.8 Å². The van der Waals surface area contributed by atoms with Crippen LogP contribution in [0.2, 0.25) is 0 Å². The number of esters is 1. The molecule has 2 aromatic carbocycles. The van der Waals surface area contributed by atoms with E-state index in [-0.39, 0.29) is 22.9 Å². The fourth-order valence-electron chi connectivity index (χ4n) is 2.87. The number of carbonyl (C=O) groups is 2. The largest absolute Gasteiger partial charge is 0.465 e. The molecule has 0 aliphatic rings. The quantitative estimate of drug-likeness (QED) is 0.719. The summed E-state index contributed by atoms with van der Waals surface area (Å²) in [7, 11) is 1.29. The predicted molar refractivity (Wildman–Crippen MR) is 99.3 cm³/mol. The summed E-state index contributed by atoms with van der Waals surface area (Å²) < 4.78 is 20.4. The first kappa shape index (κ1) is 18.3. The molecule has 0 radical (unpaired) electrons. The third kappa shape index (κ3) is 3.72. The lowest BCUT2D eigenvalue weighted by Gasteiger charge is -2.15. The molecular formula is C20H17FN2O4. The van der Waals surface area contributed by atoms with Crippen molar-refractivity contribution in [3.63, 3.8) is 0 Å². The second-order valence-electron chi connectivity index (χ2n) is 5.99. The van der Waals surface area contributed by atoms with Crippen molar-refractivity contribution in [3.05, 3.63) is 75.8 Å². The van der Waals surface area contributed by atoms with E-state index in [4.69, 9.17) is 0 Å². The summed E-state index contributed by atoms with van der Waals surface area (Å²) in [5.41, 5.74) is 1.13. The number of hydrogen-bond donors (Lipinski definition) is 1. The number of nitrogens with zero attached hydrogens (tertiary/aromatic N) is 1. The van der Waals surface area contributed by atoms with Crippen LogP contribution in [0.3, 0.4) is 0 Å². The van der Waals surface area contributed by atoms with Gasteiger partial charge in [-0.25, -0.2) is 9.18 Å². The number of pyridine rings is 1. The number of ether oxygens (including phenoxy) is 1. The normalized spacial score (nSPS) is 10.6. The molecule has 1 heterocycles. The number of amides is 1. The Hall–Kier alpha value is -3.48. The van der Waals surface area contributed by atoms with E-state index in [0.717, 1.165) is 0 Å². The van der Waals surface area contributed by atoms with Gasteiger partial charge in [-0.3, -0.25) is 9.59 Å². The molecule has 3 rings (SSSR count). The van der Waals surface area contributed by atoms with E-state index < -0.39 is 17.7 Å². The summed E-state index contributed by atoms with van der Waals surface area (Å²) in [6.07, 6.45) is 0. The first-order chi connectivity index (χ1) is 12.9. The highest BCUT2D eigenvalue weighted by Gasteiger charge is 2.14. The molecule has 0 aliphatic carbocycles. The number of hydrogen-bond acceptors (Lipinski definition) is 4. The van der Waals surface area contributed by atoms with E-state index in [1.807, 2.05) is 0 Å². The monoisotopic (exact) mass is 368 g/mol. The molecule has 0 spiro atoms. The minimum absolute atomic E-state index is 0.0960. The standard InChI is InChI=1S/C20H17FN2O4/c1-12-10-17(24)15-4-3-5-16(21)19(15)23(12)11-18(25)22-14-8-6-13(7-9-14)20(26)27-2/h3-10H,11H2,1-2H3,(H,22,25). The number of carbonyl (C=O) groups excluding carboxylic acids is 2. The van der Waals surface area contributed by atoms with Crippen LogP contribution >= 0.6 is 0 Å². The van der Waals surface area contributed by atoms with E-state index in [0.29, 0.717) is 16.9 Å². The average Bonchev–Trinajstić information content (AvgIpc) is 2.65. The van der Waals surface area contributed by atoms with Crippen molar-refractivity contribution in [1.29, 1.82) is 0 Å². The fraction of sp³-hybridized carbons (Fsp3) is 0.150. The van der Waals surface area contributed by atoms with Gasteiger partial charge in [0.25, 0.3) is 0 Å². The summed E-state index contributed by atoms with van der Waals surface area (Å²) in [6.45, 7) is 1.48. The second kappa shape index (κ2) is 7.41. The Morgan fingerprint density at radius 1 is 1.15 bits per heavy atom. The highest BCUT2D eigenvalue weighted by atomic mass is 19.1. The Morgan fingerprint density at radius 2 is 1.85 bits per heavy atom. The predicted octanol–water partition coefficient (Wildman–Crippen LogP) is 2.87. The van der Waals surface area contributed by atoms with Crippen LogP contribution in [0.5, 0.6) is 0 Å². The van der Waals surface area contributed by atoms with Crippen LogP contribution in [0.1, 0.15) is 16.1 Å². The lowest BCUT2D eigenvalue weighted by molar-refractivity contribution is -0.116. The molecule has 0 aliphatic heterocycles. The maximum Gasteiger partial charge on any atom is 0.337 e. The number of fused-ring (bicyclic) bond motifs is 1. The van der Waals surface area contributed by atoms with Gasteiger partial charge < -0.3 is 14.6 Å². The van der Waals surface area contributed by atoms with Crippen LogP contribution in [-0.2, 0) is 16.1 Å². The van der Waals surface area contributed by atoms with Gasteiger partial charge in [-0.1, -0.05) is 6.07 Å². The number of nitrogens with one attached hydrogen (secondary N) is 1. The van der Waals surface area contributed by atoms with Crippen LogP contribution in [0, 0.1) is 12.7 Å². The molecule has 0 fully saturated rings. The van der Waals surface area contributed by atoms with Gasteiger partial charge in [0.05, 0.1) is 18.2 Å². The summed E-state index contributed by atoms with van der Waals surface area (Å²) in [4.78, 5) is 35.9. The topological polar surface area (TPSA) is 77.4 Å². The van der Waals surface area contributed by atoms with Crippen LogP contribution in [0.25, 0.3) is 10.9 Å². The lowest BCUT2D eigenvalue weighted by Crippen LogP contribution is -2.22. The highest BCUT2D eigenvalue weighted by Crippen LogP contribution is 2.17. The van der Waals surface area contributed by atoms with Crippen molar-refractivity contribution in [2.75, 3.05) is 12.4 Å². The Bertz CT molecular complexity index is 1090. The van der Waals surface area contributed by atoms with Crippen LogP contribution in [-0.4, -0.2) is 23.6 Å². The van der Waals surface area contributed by atoms with Crippen LogP contribution < -0.4 is 10.7 Å². The van der Waals surface area contributed by atoms with Gasteiger partial charge in [-0.05, 0) is 43.3 Å². The van der Waals surface area contributed by atoms with Gasteiger partial charge in [-0.2, -0.15) is 0 Å². The molecule has 27 heavy (non-hydrogen) atoms. The van der Waals surface area contributed by atoms with Crippen molar-refractivity contribution >= 4 is 28.5 Å². The fourth-order valence-corrected chi connectivity index (χ4v) is 2.87.